The average molecular weight is 212 g/mol. The second-order valence-electron chi connectivity index (χ2n) is 3.21. The Hall–Kier alpha value is -1.20. The third-order valence-corrected chi connectivity index (χ3v) is 2.12. The first-order valence-corrected chi connectivity index (χ1v) is 4.63. The third-order valence-electron chi connectivity index (χ3n) is 1.84. The van der Waals surface area contributed by atoms with Crippen LogP contribution in [0.2, 0.25) is 5.15 Å². The van der Waals surface area contributed by atoms with Gasteiger partial charge in [0.05, 0.1) is 6.33 Å². The van der Waals surface area contributed by atoms with Gasteiger partial charge in [0.2, 0.25) is 0 Å². The number of nitrogens with two attached hydrogens (primary N) is 1. The van der Waals surface area contributed by atoms with Crippen LogP contribution in [-0.4, -0.2) is 25.6 Å². The maximum absolute atomic E-state index is 5.85. The Bertz CT molecular complexity index is 450. The molecule has 2 aromatic heterocycles. The second-order valence-corrected chi connectivity index (χ2v) is 3.57. The predicted octanol–water partition coefficient (Wildman–Crippen LogP) is 0.827. The molecule has 1 atom stereocenters. The summed E-state index contributed by atoms with van der Waals surface area (Å²) in [6, 6.07) is 0.0566. The number of hydrogen-bond donors (Lipinski definition) is 1. The first-order chi connectivity index (χ1) is 6.68. The van der Waals surface area contributed by atoms with E-state index in [9.17, 15) is 0 Å². The molecule has 1 unspecified atom stereocenters. The fourth-order valence-electron chi connectivity index (χ4n) is 1.30. The molecule has 2 aromatic rings. The lowest BCUT2D eigenvalue weighted by Gasteiger charge is -2.05. The molecule has 0 aliphatic rings. The summed E-state index contributed by atoms with van der Waals surface area (Å²) in [6.07, 6.45) is 3.10. The van der Waals surface area contributed by atoms with E-state index in [-0.39, 0.29) is 6.04 Å². The van der Waals surface area contributed by atoms with Gasteiger partial charge in [-0.25, -0.2) is 15.0 Å². The van der Waals surface area contributed by atoms with Crippen molar-refractivity contribution in [3.8, 4) is 0 Å². The van der Waals surface area contributed by atoms with Crippen LogP contribution in [0.4, 0.5) is 0 Å². The molecule has 0 fully saturated rings. The first-order valence-electron chi connectivity index (χ1n) is 4.25. The summed E-state index contributed by atoms with van der Waals surface area (Å²) in [6.45, 7) is 2.60. The lowest BCUT2D eigenvalue weighted by Crippen LogP contribution is -2.21. The molecule has 2 heterocycles. The maximum Gasteiger partial charge on any atom is 0.164 e. The van der Waals surface area contributed by atoms with E-state index in [4.69, 9.17) is 17.3 Å². The lowest BCUT2D eigenvalue weighted by atomic mass is 10.3. The molecular weight excluding hydrogens is 202 g/mol. The van der Waals surface area contributed by atoms with Crippen LogP contribution in [0.3, 0.4) is 0 Å². The van der Waals surface area contributed by atoms with Crippen LogP contribution >= 0.6 is 11.6 Å². The summed E-state index contributed by atoms with van der Waals surface area (Å²) in [7, 11) is 0. The van der Waals surface area contributed by atoms with E-state index < -0.39 is 0 Å². The Morgan fingerprint density at radius 2 is 2.29 bits per heavy atom. The molecule has 0 radical (unpaired) electrons. The summed E-state index contributed by atoms with van der Waals surface area (Å²) < 4.78 is 1.87. The van der Waals surface area contributed by atoms with Crippen molar-refractivity contribution in [3.63, 3.8) is 0 Å². The van der Waals surface area contributed by atoms with E-state index in [2.05, 4.69) is 15.0 Å². The van der Waals surface area contributed by atoms with Crippen molar-refractivity contribution in [1.82, 2.24) is 19.5 Å². The fourth-order valence-corrected chi connectivity index (χ4v) is 1.47. The normalized spacial score (nSPS) is 13.4. The summed E-state index contributed by atoms with van der Waals surface area (Å²) in [4.78, 5) is 12.1. The first kappa shape index (κ1) is 9.36. The molecule has 0 bridgehead atoms. The molecule has 5 nitrogen and oxygen atoms in total. The van der Waals surface area contributed by atoms with Crippen molar-refractivity contribution in [1.29, 1.82) is 0 Å². The van der Waals surface area contributed by atoms with Gasteiger partial charge in [0.25, 0.3) is 0 Å². The van der Waals surface area contributed by atoms with E-state index >= 15 is 0 Å². The Balaban J connectivity index is 2.52. The molecule has 0 aromatic carbocycles. The molecule has 14 heavy (non-hydrogen) atoms. The van der Waals surface area contributed by atoms with Gasteiger partial charge in [-0.15, -0.1) is 0 Å². The molecule has 6 heteroatoms. The number of halogens is 1. The van der Waals surface area contributed by atoms with Crippen molar-refractivity contribution in [2.45, 2.75) is 19.5 Å². The van der Waals surface area contributed by atoms with Crippen molar-refractivity contribution < 1.29 is 0 Å². The highest BCUT2D eigenvalue weighted by Crippen LogP contribution is 2.16. The van der Waals surface area contributed by atoms with Crippen LogP contribution in [-0.2, 0) is 6.54 Å². The van der Waals surface area contributed by atoms with E-state index in [1.807, 2.05) is 11.5 Å². The number of nitrogens with zero attached hydrogens (tertiary/aromatic N) is 4. The summed E-state index contributed by atoms with van der Waals surface area (Å²) in [5.41, 5.74) is 7.03. The van der Waals surface area contributed by atoms with Gasteiger partial charge in [0.1, 0.15) is 11.8 Å². The zero-order chi connectivity index (χ0) is 10.1. The van der Waals surface area contributed by atoms with Gasteiger partial charge in [0, 0.05) is 12.6 Å². The van der Waals surface area contributed by atoms with Gasteiger partial charge < -0.3 is 10.3 Å². The number of hydrogen-bond acceptors (Lipinski definition) is 4. The quantitative estimate of drug-likeness (QED) is 0.747. The summed E-state index contributed by atoms with van der Waals surface area (Å²) in [5.74, 6) is 0. The fraction of sp³-hybridized carbons (Fsp3) is 0.375. The van der Waals surface area contributed by atoms with Crippen LogP contribution in [0.25, 0.3) is 11.2 Å². The van der Waals surface area contributed by atoms with E-state index in [1.54, 1.807) is 6.33 Å². The monoisotopic (exact) mass is 211 g/mol. The molecule has 0 aliphatic heterocycles. The van der Waals surface area contributed by atoms with Crippen molar-refractivity contribution in [2.24, 2.45) is 5.73 Å². The highest BCUT2D eigenvalue weighted by atomic mass is 35.5. The predicted molar refractivity (Wildman–Crippen MR) is 54.0 cm³/mol. The topological polar surface area (TPSA) is 69.6 Å². The van der Waals surface area contributed by atoms with Crippen molar-refractivity contribution in [3.05, 3.63) is 17.8 Å². The highest BCUT2D eigenvalue weighted by molar-refractivity contribution is 6.33. The van der Waals surface area contributed by atoms with Gasteiger partial charge in [-0.05, 0) is 6.92 Å². The molecule has 2 rings (SSSR count). The minimum absolute atomic E-state index is 0.0566. The number of aromatic nitrogens is 4. The number of imidazole rings is 1. The lowest BCUT2D eigenvalue weighted by molar-refractivity contribution is 0.598. The molecule has 0 spiro atoms. The van der Waals surface area contributed by atoms with Crippen LogP contribution < -0.4 is 5.73 Å². The third kappa shape index (κ3) is 1.56. The minimum Gasteiger partial charge on any atom is -0.326 e. The smallest absolute Gasteiger partial charge is 0.164 e. The molecular formula is C8H10ClN5. The van der Waals surface area contributed by atoms with E-state index in [0.717, 1.165) is 5.65 Å². The Morgan fingerprint density at radius 3 is 3.00 bits per heavy atom. The Kier molecular flexibility index (Phi) is 2.35. The summed E-state index contributed by atoms with van der Waals surface area (Å²) >= 11 is 5.85. The maximum atomic E-state index is 5.85. The van der Waals surface area contributed by atoms with E-state index in [1.165, 1.54) is 6.33 Å². The number of fused-ring (bicyclic) bond motifs is 1. The molecule has 0 saturated heterocycles. The van der Waals surface area contributed by atoms with Crippen LogP contribution in [0, 0.1) is 0 Å². The minimum atomic E-state index is 0.0566. The second kappa shape index (κ2) is 3.51. The highest BCUT2D eigenvalue weighted by Gasteiger charge is 2.08. The van der Waals surface area contributed by atoms with Crippen molar-refractivity contribution >= 4 is 22.8 Å². The molecule has 0 saturated carbocycles. The molecule has 74 valence electrons. The van der Waals surface area contributed by atoms with Crippen LogP contribution in [0.5, 0.6) is 0 Å². The largest absolute Gasteiger partial charge is 0.326 e. The van der Waals surface area contributed by atoms with E-state index in [0.29, 0.717) is 17.2 Å². The van der Waals surface area contributed by atoms with Crippen LogP contribution in [0.15, 0.2) is 12.7 Å². The van der Waals surface area contributed by atoms with Crippen LogP contribution in [0.1, 0.15) is 6.92 Å². The van der Waals surface area contributed by atoms with Gasteiger partial charge in [-0.1, -0.05) is 11.6 Å². The van der Waals surface area contributed by atoms with Gasteiger partial charge in [-0.2, -0.15) is 0 Å². The Morgan fingerprint density at radius 1 is 1.50 bits per heavy atom. The Labute approximate surface area is 85.9 Å². The van der Waals surface area contributed by atoms with Gasteiger partial charge in [-0.3, -0.25) is 0 Å². The zero-order valence-corrected chi connectivity index (χ0v) is 8.44. The standard InChI is InChI=1S/C8H10ClN5/c1-5(10)2-14-4-13-6-7(9)11-3-12-8(6)14/h3-5H,2,10H2,1H3. The SMILES string of the molecule is CC(N)Cn1cnc2c(Cl)ncnc21. The van der Waals surface area contributed by atoms with Crippen molar-refractivity contribution in [2.75, 3.05) is 0 Å². The molecule has 2 N–H and O–H groups in total. The summed E-state index contributed by atoms with van der Waals surface area (Å²) in [5, 5.41) is 0.374. The molecule has 0 aliphatic carbocycles. The average Bonchev–Trinajstić information content (AvgIpc) is 2.49. The molecule has 0 amide bonds. The van der Waals surface area contributed by atoms with Gasteiger partial charge in [0.15, 0.2) is 10.8 Å². The zero-order valence-electron chi connectivity index (χ0n) is 7.68. The number of rotatable bonds is 2. The van der Waals surface area contributed by atoms with Gasteiger partial charge >= 0.3 is 0 Å².